The monoisotopic (exact) mass is 98.1 g/mol. The van der Waals surface area contributed by atoms with Crippen LogP contribution in [0.2, 0.25) is 0 Å². The first-order valence-electron chi connectivity index (χ1n) is 1.67. The number of aliphatic hydroxyl groups excluding tert-OH is 1. The van der Waals surface area contributed by atoms with Crippen LogP contribution in [-0.4, -0.2) is 54.9 Å². The summed E-state index contributed by atoms with van der Waals surface area (Å²) in [5.74, 6) is 0. The van der Waals surface area contributed by atoms with E-state index in [-0.39, 0.29) is 36.2 Å². The minimum Gasteiger partial charge on any atom is -0.395 e. The van der Waals surface area contributed by atoms with Crippen LogP contribution < -0.4 is 5.32 Å². The molecular formula is C3H9NNaO. The number of aliphatic hydroxyl groups is 1. The molecule has 0 aliphatic heterocycles. The minimum absolute atomic E-state index is 0. The zero-order valence-corrected chi connectivity index (χ0v) is 6.36. The van der Waals surface area contributed by atoms with Crippen molar-refractivity contribution in [3.8, 4) is 0 Å². The Kier molecular flexibility index (Phi) is 15.6. The third-order valence-corrected chi connectivity index (χ3v) is 0.362. The first-order valence-corrected chi connectivity index (χ1v) is 1.67. The summed E-state index contributed by atoms with van der Waals surface area (Å²) in [6.07, 6.45) is 0. The molecule has 0 unspecified atom stereocenters. The van der Waals surface area contributed by atoms with Crippen LogP contribution in [0.1, 0.15) is 0 Å². The van der Waals surface area contributed by atoms with E-state index in [0.717, 1.165) is 0 Å². The average molecular weight is 98.1 g/mol. The van der Waals surface area contributed by atoms with Crippen molar-refractivity contribution >= 4 is 29.6 Å². The van der Waals surface area contributed by atoms with E-state index in [1.807, 2.05) is 0 Å². The molecule has 0 rings (SSSR count). The predicted molar refractivity (Wildman–Crippen MR) is 26.8 cm³/mol. The Morgan fingerprint density at radius 3 is 2.17 bits per heavy atom. The molecule has 0 aromatic rings. The molecule has 0 aliphatic carbocycles. The van der Waals surface area contributed by atoms with Gasteiger partial charge in [-0.2, -0.15) is 0 Å². The Balaban J connectivity index is 0. The van der Waals surface area contributed by atoms with Crippen LogP contribution in [0.5, 0.6) is 0 Å². The van der Waals surface area contributed by atoms with E-state index in [4.69, 9.17) is 5.11 Å². The van der Waals surface area contributed by atoms with Crippen LogP contribution in [0, 0.1) is 0 Å². The van der Waals surface area contributed by atoms with E-state index >= 15 is 0 Å². The summed E-state index contributed by atoms with van der Waals surface area (Å²) in [5.41, 5.74) is 0. The molecule has 0 aromatic heterocycles. The van der Waals surface area contributed by atoms with Gasteiger partial charge in [0.1, 0.15) is 0 Å². The number of rotatable bonds is 2. The van der Waals surface area contributed by atoms with Crippen LogP contribution in [0.3, 0.4) is 0 Å². The van der Waals surface area contributed by atoms with Gasteiger partial charge in [0.15, 0.2) is 0 Å². The molecule has 0 saturated carbocycles. The van der Waals surface area contributed by atoms with E-state index in [9.17, 15) is 0 Å². The number of nitrogens with one attached hydrogen (secondary N) is 1. The van der Waals surface area contributed by atoms with Crippen molar-refractivity contribution in [2.24, 2.45) is 0 Å². The Hall–Kier alpha value is 0.920. The molecule has 0 heterocycles. The van der Waals surface area contributed by atoms with Crippen LogP contribution in [-0.2, 0) is 0 Å². The average Bonchev–Trinajstić information content (AvgIpc) is 1.41. The van der Waals surface area contributed by atoms with Gasteiger partial charge in [-0.1, -0.05) is 0 Å². The Morgan fingerprint density at radius 1 is 1.67 bits per heavy atom. The molecule has 0 bridgehead atoms. The predicted octanol–water partition coefficient (Wildman–Crippen LogP) is -1.18. The molecule has 6 heavy (non-hydrogen) atoms. The molecule has 0 spiro atoms. The molecule has 2 nitrogen and oxygen atoms in total. The molecule has 3 heteroatoms. The molecule has 0 fully saturated rings. The second-order valence-electron chi connectivity index (χ2n) is 0.827. The zero-order valence-electron chi connectivity index (χ0n) is 4.36. The van der Waals surface area contributed by atoms with E-state index in [1.165, 1.54) is 0 Å². The van der Waals surface area contributed by atoms with Gasteiger partial charge < -0.3 is 10.4 Å². The molecule has 0 aliphatic rings. The van der Waals surface area contributed by atoms with Crippen LogP contribution in [0.4, 0.5) is 0 Å². The van der Waals surface area contributed by atoms with Crippen molar-refractivity contribution in [2.45, 2.75) is 0 Å². The number of hydrogen-bond acceptors (Lipinski definition) is 2. The molecule has 0 saturated heterocycles. The zero-order chi connectivity index (χ0) is 4.12. The van der Waals surface area contributed by atoms with Crippen molar-refractivity contribution in [1.82, 2.24) is 5.32 Å². The molecule has 0 amide bonds. The van der Waals surface area contributed by atoms with Gasteiger partial charge in [-0.25, -0.2) is 0 Å². The van der Waals surface area contributed by atoms with Crippen molar-refractivity contribution in [2.75, 3.05) is 20.2 Å². The Labute approximate surface area is 60.2 Å². The van der Waals surface area contributed by atoms with Gasteiger partial charge in [0, 0.05) is 36.1 Å². The largest absolute Gasteiger partial charge is 0.395 e. The molecular weight excluding hydrogens is 89.0 g/mol. The normalized spacial score (nSPS) is 7.00. The Morgan fingerprint density at radius 2 is 2.17 bits per heavy atom. The van der Waals surface area contributed by atoms with Gasteiger partial charge in [0.05, 0.1) is 6.61 Å². The van der Waals surface area contributed by atoms with Gasteiger partial charge in [-0.15, -0.1) is 0 Å². The summed E-state index contributed by atoms with van der Waals surface area (Å²) < 4.78 is 0. The maximum atomic E-state index is 8.00. The van der Waals surface area contributed by atoms with Gasteiger partial charge >= 0.3 is 0 Å². The smallest absolute Gasteiger partial charge is 0.0555 e. The molecule has 2 N–H and O–H groups in total. The summed E-state index contributed by atoms with van der Waals surface area (Å²) in [7, 11) is 1.80. The summed E-state index contributed by atoms with van der Waals surface area (Å²) in [4.78, 5) is 0. The topological polar surface area (TPSA) is 32.3 Å². The minimum atomic E-state index is 0. The fourth-order valence-corrected chi connectivity index (χ4v) is 0.112. The van der Waals surface area contributed by atoms with Crippen LogP contribution in [0.25, 0.3) is 0 Å². The quantitative estimate of drug-likeness (QED) is 0.426. The number of likely N-dealkylation sites (N-methyl/N-ethyl adjacent to an activating group) is 1. The van der Waals surface area contributed by atoms with Crippen molar-refractivity contribution < 1.29 is 5.11 Å². The van der Waals surface area contributed by atoms with E-state index in [2.05, 4.69) is 5.32 Å². The molecule has 33 valence electrons. The fraction of sp³-hybridized carbons (Fsp3) is 1.00. The molecule has 0 atom stereocenters. The SMILES string of the molecule is CNCCO.[Na]. The number of hydrogen-bond donors (Lipinski definition) is 2. The molecule has 0 aromatic carbocycles. The third kappa shape index (κ3) is 8.87. The van der Waals surface area contributed by atoms with Crippen molar-refractivity contribution in [3.05, 3.63) is 0 Å². The van der Waals surface area contributed by atoms with Crippen molar-refractivity contribution in [3.63, 3.8) is 0 Å². The maximum absolute atomic E-state index is 8.00. The standard InChI is InChI=1S/C3H9NO.Na/c1-4-2-3-5;/h4-5H,2-3H2,1H3;. The van der Waals surface area contributed by atoms with E-state index < -0.39 is 0 Å². The summed E-state index contributed by atoms with van der Waals surface area (Å²) in [5, 5.41) is 10.8. The van der Waals surface area contributed by atoms with Gasteiger partial charge in [-0.3, -0.25) is 0 Å². The van der Waals surface area contributed by atoms with E-state index in [1.54, 1.807) is 7.05 Å². The van der Waals surface area contributed by atoms with Gasteiger partial charge in [-0.05, 0) is 7.05 Å². The third-order valence-electron chi connectivity index (χ3n) is 0.362. The van der Waals surface area contributed by atoms with Crippen LogP contribution >= 0.6 is 0 Å². The summed E-state index contributed by atoms with van der Waals surface area (Å²) in [6.45, 7) is 0.927. The maximum Gasteiger partial charge on any atom is 0.0555 e. The second-order valence-corrected chi connectivity index (χ2v) is 0.827. The summed E-state index contributed by atoms with van der Waals surface area (Å²) in [6, 6.07) is 0. The molecule has 1 radical (unpaired) electrons. The Bertz CT molecular complexity index is 18.3. The van der Waals surface area contributed by atoms with Crippen LogP contribution in [0.15, 0.2) is 0 Å². The van der Waals surface area contributed by atoms with Gasteiger partial charge in [0.25, 0.3) is 0 Å². The fourth-order valence-electron chi connectivity index (χ4n) is 0.112. The van der Waals surface area contributed by atoms with Gasteiger partial charge in [0.2, 0.25) is 0 Å². The summed E-state index contributed by atoms with van der Waals surface area (Å²) >= 11 is 0. The second kappa shape index (κ2) is 9.33. The van der Waals surface area contributed by atoms with E-state index in [0.29, 0.717) is 6.54 Å². The first-order chi connectivity index (χ1) is 2.41. The van der Waals surface area contributed by atoms with Crippen molar-refractivity contribution in [1.29, 1.82) is 0 Å². The first kappa shape index (κ1) is 10.0.